The molecule has 0 amide bonds. The van der Waals surface area contributed by atoms with Gasteiger partial charge in [0.1, 0.15) is 0 Å². The Labute approximate surface area is 94.7 Å². The van der Waals surface area contributed by atoms with Gasteiger partial charge < -0.3 is 5.32 Å². The minimum Gasteiger partial charge on any atom is -0.361 e. The average molecular weight is 233 g/mol. The van der Waals surface area contributed by atoms with Crippen molar-refractivity contribution >= 4 is 28.1 Å². The van der Waals surface area contributed by atoms with Crippen molar-refractivity contribution in [3.05, 3.63) is 10.6 Å². The zero-order chi connectivity index (χ0) is 10.6. The van der Waals surface area contributed by atoms with Crippen LogP contribution in [0.2, 0.25) is 0 Å². The van der Waals surface area contributed by atoms with Gasteiger partial charge in [-0.1, -0.05) is 6.92 Å². The van der Waals surface area contributed by atoms with Crippen LogP contribution in [0.15, 0.2) is 0 Å². The number of aryl methyl sites for hydroxylation is 2. The second-order valence-electron chi connectivity index (χ2n) is 3.38. The van der Waals surface area contributed by atoms with Crippen LogP contribution >= 0.6 is 22.9 Å². The SMILES string of the molecule is CCC(Cl)CCNc1nc(C)c(C)s1. The van der Waals surface area contributed by atoms with Crippen LogP contribution in [0, 0.1) is 13.8 Å². The summed E-state index contributed by atoms with van der Waals surface area (Å²) in [6.45, 7) is 7.14. The number of thiazole rings is 1. The summed E-state index contributed by atoms with van der Waals surface area (Å²) in [5.41, 5.74) is 1.12. The van der Waals surface area contributed by atoms with Gasteiger partial charge in [-0.3, -0.25) is 0 Å². The van der Waals surface area contributed by atoms with Gasteiger partial charge >= 0.3 is 0 Å². The minimum atomic E-state index is 0.282. The zero-order valence-corrected chi connectivity index (χ0v) is 10.5. The Morgan fingerprint density at radius 3 is 2.71 bits per heavy atom. The molecule has 0 aliphatic heterocycles. The predicted molar refractivity (Wildman–Crippen MR) is 64.6 cm³/mol. The van der Waals surface area contributed by atoms with Crippen molar-refractivity contribution in [2.75, 3.05) is 11.9 Å². The third-order valence-corrected chi connectivity index (χ3v) is 3.76. The summed E-state index contributed by atoms with van der Waals surface area (Å²) in [5, 5.41) is 4.59. The molecule has 0 aliphatic rings. The van der Waals surface area contributed by atoms with Crippen molar-refractivity contribution in [1.29, 1.82) is 0 Å². The molecule has 1 N–H and O–H groups in total. The van der Waals surface area contributed by atoms with E-state index in [4.69, 9.17) is 11.6 Å². The molecule has 1 aromatic rings. The Hall–Kier alpha value is -0.280. The monoisotopic (exact) mass is 232 g/mol. The van der Waals surface area contributed by atoms with Crippen LogP contribution in [0.5, 0.6) is 0 Å². The molecule has 4 heteroatoms. The first kappa shape index (κ1) is 11.8. The summed E-state index contributed by atoms with van der Waals surface area (Å²) in [6, 6.07) is 0. The van der Waals surface area contributed by atoms with Gasteiger partial charge in [0.15, 0.2) is 5.13 Å². The topological polar surface area (TPSA) is 24.9 Å². The van der Waals surface area contributed by atoms with Crippen LogP contribution in [-0.2, 0) is 0 Å². The van der Waals surface area contributed by atoms with E-state index in [0.29, 0.717) is 0 Å². The second kappa shape index (κ2) is 5.56. The van der Waals surface area contributed by atoms with Gasteiger partial charge in [-0.05, 0) is 26.7 Å². The van der Waals surface area contributed by atoms with E-state index >= 15 is 0 Å². The molecule has 2 nitrogen and oxygen atoms in total. The summed E-state index contributed by atoms with van der Waals surface area (Å²) in [5.74, 6) is 0. The van der Waals surface area contributed by atoms with E-state index in [0.717, 1.165) is 30.2 Å². The molecule has 0 saturated heterocycles. The fourth-order valence-corrected chi connectivity index (χ4v) is 2.04. The molecule has 0 fully saturated rings. The molecule has 0 radical (unpaired) electrons. The van der Waals surface area contributed by atoms with E-state index in [1.54, 1.807) is 11.3 Å². The van der Waals surface area contributed by atoms with Crippen LogP contribution in [0.25, 0.3) is 0 Å². The van der Waals surface area contributed by atoms with Crippen molar-refractivity contribution in [2.45, 2.75) is 39.0 Å². The fraction of sp³-hybridized carbons (Fsp3) is 0.700. The van der Waals surface area contributed by atoms with E-state index in [9.17, 15) is 0 Å². The molecule has 1 atom stereocenters. The van der Waals surface area contributed by atoms with E-state index in [1.165, 1.54) is 4.88 Å². The van der Waals surface area contributed by atoms with Crippen LogP contribution in [0.4, 0.5) is 5.13 Å². The summed E-state index contributed by atoms with van der Waals surface area (Å²) < 4.78 is 0. The lowest BCUT2D eigenvalue weighted by molar-refractivity contribution is 0.753. The maximum atomic E-state index is 6.01. The Bertz CT molecular complexity index is 266. The molecule has 1 unspecified atom stereocenters. The van der Waals surface area contributed by atoms with Gasteiger partial charge in [0.25, 0.3) is 0 Å². The normalized spacial score (nSPS) is 12.9. The van der Waals surface area contributed by atoms with Crippen molar-refractivity contribution in [3.8, 4) is 0 Å². The van der Waals surface area contributed by atoms with Crippen LogP contribution in [0.1, 0.15) is 30.3 Å². The van der Waals surface area contributed by atoms with Crippen molar-refractivity contribution in [1.82, 2.24) is 4.98 Å². The number of hydrogen-bond donors (Lipinski definition) is 1. The lowest BCUT2D eigenvalue weighted by Gasteiger charge is -2.06. The molecule has 80 valence electrons. The first-order valence-electron chi connectivity index (χ1n) is 4.95. The summed E-state index contributed by atoms with van der Waals surface area (Å²) in [4.78, 5) is 5.68. The standard InChI is InChI=1S/C10H17ClN2S/c1-4-9(11)5-6-12-10-13-7(2)8(3)14-10/h9H,4-6H2,1-3H3,(H,12,13). The van der Waals surface area contributed by atoms with E-state index < -0.39 is 0 Å². The number of halogens is 1. The van der Waals surface area contributed by atoms with Gasteiger partial charge in [0, 0.05) is 16.8 Å². The van der Waals surface area contributed by atoms with Crippen molar-refractivity contribution in [3.63, 3.8) is 0 Å². The van der Waals surface area contributed by atoms with E-state index in [1.807, 2.05) is 6.92 Å². The number of rotatable bonds is 5. The minimum absolute atomic E-state index is 0.282. The predicted octanol–water partition coefficient (Wildman–Crippen LogP) is 3.58. The molecule has 0 spiro atoms. The largest absolute Gasteiger partial charge is 0.361 e. The molecule has 0 saturated carbocycles. The molecule has 0 aromatic carbocycles. The number of hydrogen-bond acceptors (Lipinski definition) is 3. The highest BCUT2D eigenvalue weighted by atomic mass is 35.5. The van der Waals surface area contributed by atoms with Crippen molar-refractivity contribution in [2.24, 2.45) is 0 Å². The van der Waals surface area contributed by atoms with Gasteiger partial charge in [-0.25, -0.2) is 4.98 Å². The molecule has 0 bridgehead atoms. The molecular formula is C10H17ClN2S. The van der Waals surface area contributed by atoms with Gasteiger partial charge in [-0.15, -0.1) is 22.9 Å². The molecule has 1 aromatic heterocycles. The Kier molecular flexibility index (Phi) is 4.69. The Morgan fingerprint density at radius 2 is 2.21 bits per heavy atom. The first-order valence-corrected chi connectivity index (χ1v) is 6.20. The fourth-order valence-electron chi connectivity index (χ4n) is 1.09. The van der Waals surface area contributed by atoms with Crippen LogP contribution in [0.3, 0.4) is 0 Å². The number of aromatic nitrogens is 1. The smallest absolute Gasteiger partial charge is 0.183 e. The lowest BCUT2D eigenvalue weighted by Crippen LogP contribution is -2.07. The zero-order valence-electron chi connectivity index (χ0n) is 8.93. The quantitative estimate of drug-likeness (QED) is 0.785. The summed E-state index contributed by atoms with van der Waals surface area (Å²) in [6.07, 6.45) is 2.02. The first-order chi connectivity index (χ1) is 6.63. The average Bonchev–Trinajstić information content (AvgIpc) is 2.46. The van der Waals surface area contributed by atoms with Gasteiger partial charge in [0.05, 0.1) is 5.69 Å². The van der Waals surface area contributed by atoms with Crippen molar-refractivity contribution < 1.29 is 0 Å². The lowest BCUT2D eigenvalue weighted by atomic mass is 10.2. The Balaban J connectivity index is 2.31. The molecule has 14 heavy (non-hydrogen) atoms. The van der Waals surface area contributed by atoms with E-state index in [2.05, 4.69) is 24.1 Å². The van der Waals surface area contributed by atoms with Crippen LogP contribution < -0.4 is 5.32 Å². The second-order valence-corrected chi connectivity index (χ2v) is 5.20. The number of nitrogens with one attached hydrogen (secondary N) is 1. The highest BCUT2D eigenvalue weighted by molar-refractivity contribution is 7.15. The number of nitrogens with zero attached hydrogens (tertiary/aromatic N) is 1. The maximum Gasteiger partial charge on any atom is 0.183 e. The highest BCUT2D eigenvalue weighted by Gasteiger charge is 2.04. The molecule has 1 rings (SSSR count). The van der Waals surface area contributed by atoms with E-state index in [-0.39, 0.29) is 5.38 Å². The third-order valence-electron chi connectivity index (χ3n) is 2.21. The molecular weight excluding hydrogens is 216 g/mol. The number of alkyl halides is 1. The molecule has 1 heterocycles. The van der Waals surface area contributed by atoms with Gasteiger partial charge in [0.2, 0.25) is 0 Å². The highest BCUT2D eigenvalue weighted by Crippen LogP contribution is 2.21. The number of anilines is 1. The maximum absolute atomic E-state index is 6.01. The summed E-state index contributed by atoms with van der Waals surface area (Å²) >= 11 is 7.72. The van der Waals surface area contributed by atoms with Crippen LogP contribution in [-0.4, -0.2) is 16.9 Å². The van der Waals surface area contributed by atoms with Gasteiger partial charge in [-0.2, -0.15) is 0 Å². The summed E-state index contributed by atoms with van der Waals surface area (Å²) in [7, 11) is 0. The molecule has 0 aliphatic carbocycles. The third kappa shape index (κ3) is 3.46. The Morgan fingerprint density at radius 1 is 1.50 bits per heavy atom.